The molecule has 1 aliphatic heterocycles. The highest BCUT2D eigenvalue weighted by Gasteiger charge is 2.12. The topological polar surface area (TPSA) is 39.7 Å². The molecular weight excluding hydrogens is 386 g/mol. The van der Waals surface area contributed by atoms with E-state index < -0.39 is 0 Å². The molecule has 31 heavy (non-hydrogen) atoms. The summed E-state index contributed by atoms with van der Waals surface area (Å²) in [6, 6.07) is 0. The third kappa shape index (κ3) is 21.4. The van der Waals surface area contributed by atoms with E-state index in [9.17, 15) is 0 Å². The van der Waals surface area contributed by atoms with Crippen molar-refractivity contribution in [3.05, 3.63) is 0 Å². The van der Waals surface area contributed by atoms with Gasteiger partial charge in [0.1, 0.15) is 0 Å². The van der Waals surface area contributed by atoms with E-state index in [2.05, 4.69) is 12.2 Å². The molecule has 1 heterocycles. The van der Waals surface area contributed by atoms with Gasteiger partial charge in [0.25, 0.3) is 0 Å². The first-order chi connectivity index (χ1) is 15.4. The lowest BCUT2D eigenvalue weighted by Crippen LogP contribution is -2.33. The van der Waals surface area contributed by atoms with Crippen molar-refractivity contribution in [2.75, 3.05) is 46.1 Å². The maximum Gasteiger partial charge on any atom is 0.0704 e. The van der Waals surface area contributed by atoms with Crippen LogP contribution in [-0.2, 0) is 14.2 Å². The molecule has 0 aromatic carbocycles. The fourth-order valence-electron chi connectivity index (χ4n) is 4.31. The van der Waals surface area contributed by atoms with Crippen LogP contribution in [0.3, 0.4) is 0 Å². The summed E-state index contributed by atoms with van der Waals surface area (Å²) in [5.74, 6) is 0. The molecule has 186 valence electrons. The minimum Gasteiger partial charge on any atom is -0.379 e. The molecule has 1 N–H and O–H groups in total. The summed E-state index contributed by atoms with van der Waals surface area (Å²) in [6.07, 6.45) is 25.2. The number of rotatable bonds is 24. The number of hydrogen-bond acceptors (Lipinski definition) is 4. The summed E-state index contributed by atoms with van der Waals surface area (Å²) in [7, 11) is 0. The predicted molar refractivity (Wildman–Crippen MR) is 133 cm³/mol. The zero-order chi connectivity index (χ0) is 22.1. The normalized spacial score (nSPS) is 15.0. The number of ether oxygens (including phenoxy) is 3. The lowest BCUT2D eigenvalue weighted by atomic mass is 10.0. The van der Waals surface area contributed by atoms with Crippen molar-refractivity contribution >= 4 is 0 Å². The summed E-state index contributed by atoms with van der Waals surface area (Å²) in [5, 5.41) is 3.35. The van der Waals surface area contributed by atoms with Crippen molar-refractivity contribution in [1.82, 2.24) is 5.32 Å². The number of piperidine rings is 1. The Bertz CT molecular complexity index is 334. The molecule has 0 aromatic heterocycles. The van der Waals surface area contributed by atoms with Crippen molar-refractivity contribution in [1.29, 1.82) is 0 Å². The predicted octanol–water partition coefficient (Wildman–Crippen LogP) is 7.05. The van der Waals surface area contributed by atoms with Gasteiger partial charge in [-0.2, -0.15) is 0 Å². The van der Waals surface area contributed by atoms with Crippen LogP contribution in [0.2, 0.25) is 0 Å². The van der Waals surface area contributed by atoms with Crippen LogP contribution < -0.4 is 5.32 Å². The Morgan fingerprint density at radius 2 is 0.935 bits per heavy atom. The molecule has 0 aromatic rings. The summed E-state index contributed by atoms with van der Waals surface area (Å²) < 4.78 is 17.1. The second-order valence-electron chi connectivity index (χ2n) is 9.35. The molecule has 1 saturated heterocycles. The van der Waals surface area contributed by atoms with E-state index in [4.69, 9.17) is 14.2 Å². The zero-order valence-corrected chi connectivity index (χ0v) is 21.0. The SMILES string of the molecule is CCCCCCCCCCCCCCCCCCOCCOCCOC1CCNCC1. The smallest absolute Gasteiger partial charge is 0.0704 e. The third-order valence-electron chi connectivity index (χ3n) is 6.38. The van der Waals surface area contributed by atoms with E-state index >= 15 is 0 Å². The molecule has 0 spiro atoms. The maximum absolute atomic E-state index is 5.82. The lowest BCUT2D eigenvalue weighted by Gasteiger charge is -2.22. The van der Waals surface area contributed by atoms with Gasteiger partial charge in [-0.3, -0.25) is 0 Å². The van der Waals surface area contributed by atoms with E-state index in [-0.39, 0.29) is 0 Å². The van der Waals surface area contributed by atoms with Crippen LogP contribution in [0, 0.1) is 0 Å². The molecule has 4 heteroatoms. The Balaban J connectivity index is 1.62. The maximum atomic E-state index is 5.82. The Kier molecular flexibility index (Phi) is 22.8. The van der Waals surface area contributed by atoms with Crippen molar-refractivity contribution in [3.63, 3.8) is 0 Å². The van der Waals surface area contributed by atoms with Crippen molar-refractivity contribution in [2.24, 2.45) is 0 Å². The van der Waals surface area contributed by atoms with Crippen LogP contribution >= 0.6 is 0 Å². The second kappa shape index (κ2) is 24.5. The molecule has 1 rings (SSSR count). The average molecular weight is 442 g/mol. The van der Waals surface area contributed by atoms with E-state index in [0.717, 1.165) is 32.5 Å². The number of nitrogens with one attached hydrogen (secondary N) is 1. The molecule has 1 aliphatic rings. The number of unbranched alkanes of at least 4 members (excludes halogenated alkanes) is 15. The molecule has 4 nitrogen and oxygen atoms in total. The molecule has 0 atom stereocenters. The van der Waals surface area contributed by atoms with Crippen LogP contribution in [0.5, 0.6) is 0 Å². The first kappa shape index (κ1) is 28.9. The van der Waals surface area contributed by atoms with E-state index in [1.807, 2.05) is 0 Å². The largest absolute Gasteiger partial charge is 0.379 e. The minimum atomic E-state index is 0.427. The monoisotopic (exact) mass is 441 g/mol. The van der Waals surface area contributed by atoms with Gasteiger partial charge in [0.2, 0.25) is 0 Å². The van der Waals surface area contributed by atoms with Gasteiger partial charge < -0.3 is 19.5 Å². The van der Waals surface area contributed by atoms with Gasteiger partial charge in [-0.05, 0) is 32.4 Å². The van der Waals surface area contributed by atoms with Crippen molar-refractivity contribution in [2.45, 2.75) is 129 Å². The first-order valence-electron chi connectivity index (χ1n) is 13.9. The van der Waals surface area contributed by atoms with Crippen LogP contribution in [0.15, 0.2) is 0 Å². The molecule has 0 radical (unpaired) electrons. The van der Waals surface area contributed by atoms with Crippen molar-refractivity contribution < 1.29 is 14.2 Å². The quantitative estimate of drug-likeness (QED) is 0.163. The first-order valence-corrected chi connectivity index (χ1v) is 13.9. The fraction of sp³-hybridized carbons (Fsp3) is 1.00. The lowest BCUT2D eigenvalue weighted by molar-refractivity contribution is -0.0199. The van der Waals surface area contributed by atoms with Gasteiger partial charge in [0.05, 0.1) is 32.5 Å². The number of hydrogen-bond donors (Lipinski definition) is 1. The third-order valence-corrected chi connectivity index (χ3v) is 6.38. The van der Waals surface area contributed by atoms with E-state index in [0.29, 0.717) is 32.5 Å². The molecule has 0 amide bonds. The minimum absolute atomic E-state index is 0.427. The standard InChI is InChI=1S/C27H55NO3/c1-2-3-4-5-6-7-8-9-10-11-12-13-14-15-16-17-22-29-23-24-30-25-26-31-27-18-20-28-21-19-27/h27-28H,2-26H2,1H3. The van der Waals surface area contributed by atoms with Crippen molar-refractivity contribution in [3.8, 4) is 0 Å². The Hall–Kier alpha value is -0.160. The van der Waals surface area contributed by atoms with Crippen LogP contribution in [0.4, 0.5) is 0 Å². The Morgan fingerprint density at radius 3 is 1.45 bits per heavy atom. The highest BCUT2D eigenvalue weighted by atomic mass is 16.5. The summed E-state index contributed by atoms with van der Waals surface area (Å²) in [6.45, 7) is 8.14. The molecule has 0 unspecified atom stereocenters. The summed E-state index contributed by atoms with van der Waals surface area (Å²) in [4.78, 5) is 0. The second-order valence-corrected chi connectivity index (χ2v) is 9.35. The Morgan fingerprint density at radius 1 is 0.516 bits per heavy atom. The highest BCUT2D eigenvalue weighted by molar-refractivity contribution is 4.67. The summed E-state index contributed by atoms with van der Waals surface area (Å²) >= 11 is 0. The molecule has 0 saturated carbocycles. The highest BCUT2D eigenvalue weighted by Crippen LogP contribution is 2.13. The van der Waals surface area contributed by atoms with Gasteiger partial charge in [-0.25, -0.2) is 0 Å². The Labute approximate surface area is 194 Å². The molecular formula is C27H55NO3. The van der Waals surface area contributed by atoms with Crippen LogP contribution in [0.25, 0.3) is 0 Å². The van der Waals surface area contributed by atoms with Gasteiger partial charge in [0, 0.05) is 6.61 Å². The average Bonchev–Trinajstić information content (AvgIpc) is 2.80. The molecule has 0 bridgehead atoms. The zero-order valence-electron chi connectivity index (χ0n) is 21.0. The van der Waals surface area contributed by atoms with Gasteiger partial charge in [0.15, 0.2) is 0 Å². The molecule has 0 aliphatic carbocycles. The van der Waals surface area contributed by atoms with Gasteiger partial charge in [-0.15, -0.1) is 0 Å². The summed E-state index contributed by atoms with van der Waals surface area (Å²) in [5.41, 5.74) is 0. The van der Waals surface area contributed by atoms with Crippen LogP contribution in [-0.4, -0.2) is 52.2 Å². The van der Waals surface area contributed by atoms with E-state index in [1.165, 1.54) is 103 Å². The fourth-order valence-corrected chi connectivity index (χ4v) is 4.31. The van der Waals surface area contributed by atoms with E-state index in [1.54, 1.807) is 0 Å². The molecule has 1 fully saturated rings. The van der Waals surface area contributed by atoms with Gasteiger partial charge in [-0.1, -0.05) is 103 Å². The van der Waals surface area contributed by atoms with Crippen LogP contribution in [0.1, 0.15) is 122 Å². The van der Waals surface area contributed by atoms with Gasteiger partial charge >= 0.3 is 0 Å².